The van der Waals surface area contributed by atoms with E-state index >= 15 is 0 Å². The standard InChI is InChI=1S/C7H12F3NO/c8-7(9,10)2-4-11-3-1-6(12)5-11/h6,12H,1-5H2. The highest BCUT2D eigenvalue weighted by Gasteiger charge is 2.29. The minimum absolute atomic E-state index is 0.0144. The summed E-state index contributed by atoms with van der Waals surface area (Å²) in [5, 5.41) is 9.01. The van der Waals surface area contributed by atoms with Gasteiger partial charge in [-0.2, -0.15) is 13.2 Å². The molecule has 1 rings (SSSR count). The van der Waals surface area contributed by atoms with E-state index in [1.165, 1.54) is 0 Å². The van der Waals surface area contributed by atoms with Gasteiger partial charge in [0.05, 0.1) is 12.5 Å². The van der Waals surface area contributed by atoms with Crippen molar-refractivity contribution in [2.45, 2.75) is 25.1 Å². The van der Waals surface area contributed by atoms with Crippen LogP contribution in [0.1, 0.15) is 12.8 Å². The highest BCUT2D eigenvalue weighted by Crippen LogP contribution is 2.21. The van der Waals surface area contributed by atoms with Crippen molar-refractivity contribution in [3.05, 3.63) is 0 Å². The van der Waals surface area contributed by atoms with Crippen LogP contribution in [0.3, 0.4) is 0 Å². The van der Waals surface area contributed by atoms with Gasteiger partial charge in [0, 0.05) is 19.6 Å². The summed E-state index contributed by atoms with van der Waals surface area (Å²) in [4.78, 5) is 1.64. The molecule has 72 valence electrons. The summed E-state index contributed by atoms with van der Waals surface area (Å²) < 4.78 is 35.2. The summed E-state index contributed by atoms with van der Waals surface area (Å²) in [6, 6.07) is 0. The van der Waals surface area contributed by atoms with Gasteiger partial charge in [-0.15, -0.1) is 0 Å². The van der Waals surface area contributed by atoms with Crippen LogP contribution in [0.25, 0.3) is 0 Å². The number of hydrogen-bond acceptors (Lipinski definition) is 2. The van der Waals surface area contributed by atoms with Gasteiger partial charge in [-0.3, -0.25) is 0 Å². The van der Waals surface area contributed by atoms with Gasteiger partial charge >= 0.3 is 6.18 Å². The van der Waals surface area contributed by atoms with E-state index in [-0.39, 0.29) is 6.54 Å². The third-order valence-corrected chi connectivity index (χ3v) is 1.96. The molecular weight excluding hydrogens is 171 g/mol. The van der Waals surface area contributed by atoms with E-state index in [4.69, 9.17) is 5.11 Å². The normalized spacial score (nSPS) is 26.5. The molecule has 0 radical (unpaired) electrons. The van der Waals surface area contributed by atoms with Crippen LogP contribution in [0.15, 0.2) is 0 Å². The summed E-state index contributed by atoms with van der Waals surface area (Å²) in [7, 11) is 0. The lowest BCUT2D eigenvalue weighted by atomic mass is 10.3. The SMILES string of the molecule is OC1CCN(CCC(F)(F)F)C1. The first kappa shape index (κ1) is 9.80. The zero-order valence-corrected chi connectivity index (χ0v) is 6.64. The fourth-order valence-corrected chi connectivity index (χ4v) is 1.30. The highest BCUT2D eigenvalue weighted by molar-refractivity contribution is 4.74. The van der Waals surface area contributed by atoms with Crippen LogP contribution in [0.4, 0.5) is 13.2 Å². The number of aliphatic hydroxyl groups is 1. The van der Waals surface area contributed by atoms with Crippen molar-refractivity contribution in [3.63, 3.8) is 0 Å². The van der Waals surface area contributed by atoms with Crippen molar-refractivity contribution in [1.29, 1.82) is 0 Å². The second-order valence-corrected chi connectivity index (χ2v) is 3.11. The topological polar surface area (TPSA) is 23.5 Å². The van der Waals surface area contributed by atoms with Crippen LogP contribution in [-0.4, -0.2) is 41.9 Å². The average Bonchev–Trinajstić information content (AvgIpc) is 2.30. The van der Waals surface area contributed by atoms with Crippen molar-refractivity contribution >= 4 is 0 Å². The average molecular weight is 183 g/mol. The Morgan fingerprint density at radius 3 is 2.50 bits per heavy atom. The summed E-state index contributed by atoms with van der Waals surface area (Å²) in [5.74, 6) is 0. The largest absolute Gasteiger partial charge is 0.392 e. The third kappa shape index (κ3) is 3.40. The predicted octanol–water partition coefficient (Wildman–Crippen LogP) is 1.01. The van der Waals surface area contributed by atoms with Crippen LogP contribution in [0, 0.1) is 0 Å². The van der Waals surface area contributed by atoms with Crippen LogP contribution < -0.4 is 0 Å². The van der Waals surface area contributed by atoms with Gasteiger partial charge in [0.1, 0.15) is 0 Å². The summed E-state index contributed by atoms with van der Waals surface area (Å²) in [5.41, 5.74) is 0. The minimum Gasteiger partial charge on any atom is -0.392 e. The summed E-state index contributed by atoms with van der Waals surface area (Å²) >= 11 is 0. The fraction of sp³-hybridized carbons (Fsp3) is 1.00. The molecule has 0 saturated carbocycles. The number of hydrogen-bond donors (Lipinski definition) is 1. The minimum atomic E-state index is -4.08. The number of halogens is 3. The Morgan fingerprint density at radius 2 is 2.08 bits per heavy atom. The molecule has 1 N–H and O–H groups in total. The molecule has 2 nitrogen and oxygen atoms in total. The van der Waals surface area contributed by atoms with Gasteiger partial charge in [0.25, 0.3) is 0 Å². The van der Waals surface area contributed by atoms with Crippen molar-refractivity contribution in [2.75, 3.05) is 19.6 Å². The number of nitrogens with zero attached hydrogens (tertiary/aromatic N) is 1. The molecule has 12 heavy (non-hydrogen) atoms. The van der Waals surface area contributed by atoms with Gasteiger partial charge in [-0.05, 0) is 6.42 Å². The van der Waals surface area contributed by atoms with E-state index in [1.807, 2.05) is 0 Å². The third-order valence-electron chi connectivity index (χ3n) is 1.96. The maximum Gasteiger partial charge on any atom is 0.390 e. The Morgan fingerprint density at radius 1 is 1.42 bits per heavy atom. The van der Waals surface area contributed by atoms with Gasteiger partial charge in [0.15, 0.2) is 0 Å². The molecule has 1 unspecified atom stereocenters. The molecule has 0 spiro atoms. The Kier molecular flexibility index (Phi) is 2.95. The summed E-state index contributed by atoms with van der Waals surface area (Å²) in [6.45, 7) is 0.980. The molecule has 0 aromatic heterocycles. The number of likely N-dealkylation sites (tertiary alicyclic amines) is 1. The van der Waals surface area contributed by atoms with Crippen LogP contribution in [0.2, 0.25) is 0 Å². The van der Waals surface area contributed by atoms with Crippen LogP contribution in [-0.2, 0) is 0 Å². The van der Waals surface area contributed by atoms with Crippen molar-refractivity contribution in [1.82, 2.24) is 4.90 Å². The molecule has 5 heteroatoms. The molecule has 1 aliphatic rings. The second-order valence-electron chi connectivity index (χ2n) is 3.11. The molecular formula is C7H12F3NO. The second kappa shape index (κ2) is 3.62. The molecule has 1 fully saturated rings. The van der Waals surface area contributed by atoms with E-state index in [2.05, 4.69) is 0 Å². The van der Waals surface area contributed by atoms with Crippen LogP contribution >= 0.6 is 0 Å². The van der Waals surface area contributed by atoms with Crippen LogP contribution in [0.5, 0.6) is 0 Å². The molecule has 0 amide bonds. The smallest absolute Gasteiger partial charge is 0.390 e. The zero-order chi connectivity index (χ0) is 9.19. The fourth-order valence-electron chi connectivity index (χ4n) is 1.30. The van der Waals surface area contributed by atoms with Crippen molar-refractivity contribution < 1.29 is 18.3 Å². The van der Waals surface area contributed by atoms with E-state index in [0.717, 1.165) is 0 Å². The summed E-state index contributed by atoms with van der Waals surface area (Å²) in [6.07, 6.45) is -4.69. The quantitative estimate of drug-likeness (QED) is 0.690. The van der Waals surface area contributed by atoms with E-state index < -0.39 is 18.7 Å². The molecule has 0 aromatic carbocycles. The number of rotatable bonds is 2. The molecule has 0 bridgehead atoms. The lowest BCUT2D eigenvalue weighted by Gasteiger charge is -2.15. The lowest BCUT2D eigenvalue weighted by molar-refractivity contribution is -0.137. The Labute approximate surface area is 69.0 Å². The maximum atomic E-state index is 11.7. The van der Waals surface area contributed by atoms with Gasteiger partial charge in [-0.25, -0.2) is 0 Å². The Bertz CT molecular complexity index is 148. The van der Waals surface area contributed by atoms with Gasteiger partial charge in [0.2, 0.25) is 0 Å². The van der Waals surface area contributed by atoms with E-state index in [1.54, 1.807) is 4.90 Å². The molecule has 1 atom stereocenters. The van der Waals surface area contributed by atoms with Crippen molar-refractivity contribution in [2.24, 2.45) is 0 Å². The molecule has 0 aliphatic carbocycles. The molecule has 1 heterocycles. The van der Waals surface area contributed by atoms with E-state index in [9.17, 15) is 13.2 Å². The zero-order valence-electron chi connectivity index (χ0n) is 6.64. The molecule has 0 aromatic rings. The predicted molar refractivity (Wildman–Crippen MR) is 37.7 cm³/mol. The first-order valence-electron chi connectivity index (χ1n) is 3.94. The van der Waals surface area contributed by atoms with Crippen molar-refractivity contribution in [3.8, 4) is 0 Å². The maximum absolute atomic E-state index is 11.7. The number of aliphatic hydroxyl groups excluding tert-OH is 1. The lowest BCUT2D eigenvalue weighted by Crippen LogP contribution is -2.26. The Balaban J connectivity index is 2.16. The van der Waals surface area contributed by atoms with Gasteiger partial charge in [-0.1, -0.05) is 0 Å². The Hall–Kier alpha value is -0.290. The monoisotopic (exact) mass is 183 g/mol. The van der Waals surface area contributed by atoms with Gasteiger partial charge < -0.3 is 10.0 Å². The molecule has 1 saturated heterocycles. The molecule has 1 aliphatic heterocycles. The highest BCUT2D eigenvalue weighted by atomic mass is 19.4. The first-order chi connectivity index (χ1) is 5.47. The first-order valence-corrected chi connectivity index (χ1v) is 3.94. The van der Waals surface area contributed by atoms with E-state index in [0.29, 0.717) is 19.5 Å². The number of β-amino-alcohol motifs (C(OH)–C–C–N with tert-alkyl or cyclic N) is 1. The number of alkyl halides is 3.